The highest BCUT2D eigenvalue weighted by Crippen LogP contribution is 2.18. The van der Waals surface area contributed by atoms with Gasteiger partial charge in [-0.15, -0.1) is 11.3 Å². The van der Waals surface area contributed by atoms with Crippen molar-refractivity contribution in [2.45, 2.75) is 51.9 Å². The predicted molar refractivity (Wildman–Crippen MR) is 94.3 cm³/mol. The van der Waals surface area contributed by atoms with Gasteiger partial charge < -0.3 is 10.2 Å². The molecule has 0 aliphatic carbocycles. The lowest BCUT2D eigenvalue weighted by Crippen LogP contribution is -2.41. The fraction of sp³-hybridized carbons (Fsp3) is 0.722. The van der Waals surface area contributed by atoms with Crippen LogP contribution in [0.5, 0.6) is 0 Å². The van der Waals surface area contributed by atoms with E-state index in [9.17, 15) is 4.79 Å². The summed E-state index contributed by atoms with van der Waals surface area (Å²) in [5, 5.41) is 5.21. The molecule has 1 aliphatic heterocycles. The first-order valence-corrected chi connectivity index (χ1v) is 9.70. The number of nitrogens with zero attached hydrogens (tertiary/aromatic N) is 1. The van der Waals surface area contributed by atoms with Crippen molar-refractivity contribution in [1.29, 1.82) is 0 Å². The minimum Gasteiger partial charge on any atom is -0.355 e. The second-order valence-electron chi connectivity index (χ2n) is 6.30. The molecule has 0 radical (unpaired) electrons. The molecule has 22 heavy (non-hydrogen) atoms. The van der Waals surface area contributed by atoms with Gasteiger partial charge in [0.05, 0.1) is 0 Å². The number of carbonyl (C=O) groups excluding carboxylic acids is 1. The van der Waals surface area contributed by atoms with Gasteiger partial charge in [0.25, 0.3) is 0 Å². The van der Waals surface area contributed by atoms with Crippen LogP contribution >= 0.6 is 11.3 Å². The average molecular weight is 323 g/mol. The van der Waals surface area contributed by atoms with E-state index >= 15 is 0 Å². The molecule has 1 aromatic heterocycles. The van der Waals surface area contributed by atoms with Crippen molar-refractivity contribution in [2.24, 2.45) is 5.92 Å². The van der Waals surface area contributed by atoms with Crippen LogP contribution in [-0.4, -0.2) is 37.0 Å². The Kier molecular flexibility index (Phi) is 7.95. The molecule has 1 fully saturated rings. The Morgan fingerprint density at radius 2 is 2.14 bits per heavy atom. The van der Waals surface area contributed by atoms with Crippen molar-refractivity contribution in [2.75, 3.05) is 26.2 Å². The van der Waals surface area contributed by atoms with Crippen LogP contribution in [0.2, 0.25) is 0 Å². The number of hydrogen-bond acceptors (Lipinski definition) is 3. The maximum absolute atomic E-state index is 12.2. The summed E-state index contributed by atoms with van der Waals surface area (Å²) in [6, 6.07) is 4.20. The SMILES string of the molecule is CCCCCCN1CCC(C(=O)NCCc2cccs2)CC1. The Balaban J connectivity index is 1.56. The highest BCUT2D eigenvalue weighted by Gasteiger charge is 2.24. The molecular formula is C18H30N2OS. The van der Waals surface area contributed by atoms with Crippen LogP contribution in [0.3, 0.4) is 0 Å². The third kappa shape index (κ3) is 6.09. The van der Waals surface area contributed by atoms with E-state index in [1.54, 1.807) is 11.3 Å². The zero-order valence-electron chi connectivity index (χ0n) is 13.9. The van der Waals surface area contributed by atoms with Crippen molar-refractivity contribution in [3.8, 4) is 0 Å². The van der Waals surface area contributed by atoms with E-state index in [1.807, 2.05) is 0 Å². The average Bonchev–Trinajstić information content (AvgIpc) is 3.05. The van der Waals surface area contributed by atoms with Gasteiger partial charge in [-0.1, -0.05) is 32.3 Å². The molecule has 124 valence electrons. The molecule has 0 atom stereocenters. The zero-order chi connectivity index (χ0) is 15.6. The standard InChI is InChI=1S/C18H30N2OS/c1-2-3-4-5-12-20-13-9-16(10-14-20)18(21)19-11-8-17-7-6-15-22-17/h6-7,15-16H,2-5,8-14H2,1H3,(H,19,21). The molecule has 0 unspecified atom stereocenters. The molecule has 1 N–H and O–H groups in total. The first kappa shape index (κ1) is 17.5. The fourth-order valence-corrected chi connectivity index (χ4v) is 3.80. The number of likely N-dealkylation sites (tertiary alicyclic amines) is 1. The highest BCUT2D eigenvalue weighted by atomic mass is 32.1. The summed E-state index contributed by atoms with van der Waals surface area (Å²) in [6.45, 7) is 6.43. The van der Waals surface area contributed by atoms with E-state index in [0.29, 0.717) is 0 Å². The van der Waals surface area contributed by atoms with Crippen LogP contribution in [-0.2, 0) is 11.2 Å². The van der Waals surface area contributed by atoms with Gasteiger partial charge in [0, 0.05) is 17.3 Å². The van der Waals surface area contributed by atoms with E-state index in [0.717, 1.165) is 38.9 Å². The van der Waals surface area contributed by atoms with Gasteiger partial charge in [-0.3, -0.25) is 4.79 Å². The van der Waals surface area contributed by atoms with E-state index in [2.05, 4.69) is 34.7 Å². The van der Waals surface area contributed by atoms with Crippen LogP contribution in [0.25, 0.3) is 0 Å². The van der Waals surface area contributed by atoms with Crippen LogP contribution in [0, 0.1) is 5.92 Å². The second-order valence-corrected chi connectivity index (χ2v) is 7.33. The summed E-state index contributed by atoms with van der Waals surface area (Å²) in [5.74, 6) is 0.498. The molecule has 1 saturated heterocycles. The largest absolute Gasteiger partial charge is 0.355 e. The Morgan fingerprint density at radius 1 is 1.32 bits per heavy atom. The van der Waals surface area contributed by atoms with Gasteiger partial charge in [0.15, 0.2) is 0 Å². The van der Waals surface area contributed by atoms with Gasteiger partial charge in [-0.05, 0) is 56.8 Å². The van der Waals surface area contributed by atoms with E-state index in [-0.39, 0.29) is 11.8 Å². The summed E-state index contributed by atoms with van der Waals surface area (Å²) < 4.78 is 0. The monoisotopic (exact) mass is 322 g/mol. The van der Waals surface area contributed by atoms with Crippen molar-refractivity contribution >= 4 is 17.2 Å². The number of rotatable bonds is 9. The fourth-order valence-electron chi connectivity index (χ4n) is 3.09. The first-order valence-electron chi connectivity index (χ1n) is 8.82. The molecule has 0 aromatic carbocycles. The van der Waals surface area contributed by atoms with Crippen LogP contribution in [0.15, 0.2) is 17.5 Å². The molecule has 2 rings (SSSR count). The summed E-state index contributed by atoms with van der Waals surface area (Å²) in [6.07, 6.45) is 8.32. The molecule has 1 aromatic rings. The van der Waals surface area contributed by atoms with Crippen molar-refractivity contribution in [3.63, 3.8) is 0 Å². The summed E-state index contributed by atoms with van der Waals surface area (Å²) in [4.78, 5) is 16.1. The topological polar surface area (TPSA) is 32.3 Å². The number of amides is 1. The van der Waals surface area contributed by atoms with Crippen LogP contribution < -0.4 is 5.32 Å². The Morgan fingerprint density at radius 3 is 2.82 bits per heavy atom. The Labute approximate surface area is 139 Å². The Hall–Kier alpha value is -0.870. The number of unbranched alkanes of at least 4 members (excludes halogenated alkanes) is 3. The minimum absolute atomic E-state index is 0.232. The summed E-state index contributed by atoms with van der Waals surface area (Å²) in [7, 11) is 0. The number of piperidine rings is 1. The Bertz CT molecular complexity index is 411. The second kappa shape index (κ2) is 10.0. The lowest BCUT2D eigenvalue weighted by molar-refractivity contribution is -0.126. The molecule has 0 bridgehead atoms. The van der Waals surface area contributed by atoms with Crippen molar-refractivity contribution in [1.82, 2.24) is 10.2 Å². The van der Waals surface area contributed by atoms with Gasteiger partial charge in [0.1, 0.15) is 0 Å². The molecule has 2 heterocycles. The molecule has 4 heteroatoms. The van der Waals surface area contributed by atoms with E-state index < -0.39 is 0 Å². The van der Waals surface area contributed by atoms with Gasteiger partial charge in [-0.2, -0.15) is 0 Å². The lowest BCUT2D eigenvalue weighted by Gasteiger charge is -2.31. The smallest absolute Gasteiger partial charge is 0.223 e. The predicted octanol–water partition coefficient (Wildman–Crippen LogP) is 3.70. The van der Waals surface area contributed by atoms with Crippen LogP contribution in [0.1, 0.15) is 50.3 Å². The number of nitrogens with one attached hydrogen (secondary N) is 1. The third-order valence-corrected chi connectivity index (χ3v) is 5.47. The zero-order valence-corrected chi connectivity index (χ0v) is 14.7. The molecule has 1 amide bonds. The van der Waals surface area contributed by atoms with Crippen molar-refractivity contribution < 1.29 is 4.79 Å². The van der Waals surface area contributed by atoms with Gasteiger partial charge >= 0.3 is 0 Å². The lowest BCUT2D eigenvalue weighted by atomic mass is 9.95. The van der Waals surface area contributed by atoms with Gasteiger partial charge in [0.2, 0.25) is 5.91 Å². The van der Waals surface area contributed by atoms with Crippen LogP contribution in [0.4, 0.5) is 0 Å². The maximum atomic E-state index is 12.2. The normalized spacial score (nSPS) is 16.8. The number of carbonyl (C=O) groups is 1. The summed E-state index contributed by atoms with van der Waals surface area (Å²) >= 11 is 1.76. The number of hydrogen-bond donors (Lipinski definition) is 1. The van der Waals surface area contributed by atoms with E-state index in [4.69, 9.17) is 0 Å². The maximum Gasteiger partial charge on any atom is 0.223 e. The molecule has 0 spiro atoms. The molecule has 3 nitrogen and oxygen atoms in total. The first-order chi connectivity index (χ1) is 10.8. The molecule has 1 aliphatic rings. The van der Waals surface area contributed by atoms with Crippen molar-refractivity contribution in [3.05, 3.63) is 22.4 Å². The molecular weight excluding hydrogens is 292 g/mol. The van der Waals surface area contributed by atoms with E-state index in [1.165, 1.54) is 37.1 Å². The minimum atomic E-state index is 0.232. The highest BCUT2D eigenvalue weighted by molar-refractivity contribution is 7.09. The third-order valence-electron chi connectivity index (χ3n) is 4.54. The summed E-state index contributed by atoms with van der Waals surface area (Å²) in [5.41, 5.74) is 0. The molecule has 0 saturated carbocycles. The van der Waals surface area contributed by atoms with Gasteiger partial charge in [-0.25, -0.2) is 0 Å². The number of thiophene rings is 1. The quantitative estimate of drug-likeness (QED) is 0.703.